The molecule has 1 unspecified atom stereocenters. The summed E-state index contributed by atoms with van der Waals surface area (Å²) in [5, 5.41) is 3.56. The van der Waals surface area contributed by atoms with Gasteiger partial charge in [-0.2, -0.15) is 0 Å². The predicted octanol–water partition coefficient (Wildman–Crippen LogP) is 3.10. The third-order valence-electron chi connectivity index (χ3n) is 2.12. The van der Waals surface area contributed by atoms with Crippen molar-refractivity contribution in [2.45, 2.75) is 19.4 Å². The fraction of sp³-hybridized carbons (Fsp3) is 0.300. The molecule has 1 amide bonds. The van der Waals surface area contributed by atoms with Gasteiger partial charge in [-0.1, -0.05) is 23.2 Å². The van der Waals surface area contributed by atoms with E-state index in [2.05, 4.69) is 5.32 Å². The fourth-order valence-electron chi connectivity index (χ4n) is 1.46. The molecule has 1 aromatic carbocycles. The lowest BCUT2D eigenvalue weighted by Crippen LogP contribution is -2.17. The highest BCUT2D eigenvalue weighted by Crippen LogP contribution is 2.40. The van der Waals surface area contributed by atoms with Gasteiger partial charge in [0.15, 0.2) is 5.75 Å². The second kappa shape index (κ2) is 3.91. The first kappa shape index (κ1) is 10.6. The molecular formula is C10H9Cl2NO2. The van der Waals surface area contributed by atoms with Crippen molar-refractivity contribution in [3.63, 3.8) is 0 Å². The van der Waals surface area contributed by atoms with Gasteiger partial charge in [0.2, 0.25) is 5.91 Å². The van der Waals surface area contributed by atoms with Crippen LogP contribution in [-0.4, -0.2) is 12.0 Å². The summed E-state index contributed by atoms with van der Waals surface area (Å²) in [7, 11) is 0. The van der Waals surface area contributed by atoms with Crippen molar-refractivity contribution < 1.29 is 9.53 Å². The summed E-state index contributed by atoms with van der Waals surface area (Å²) < 4.78 is 5.54. The SMILES string of the molecule is CC1CC(=O)Nc2c(Cl)ccc(Cl)c2O1. The maximum absolute atomic E-state index is 11.4. The zero-order valence-electron chi connectivity index (χ0n) is 8.01. The third kappa shape index (κ3) is 2.03. The minimum absolute atomic E-state index is 0.120. The highest BCUT2D eigenvalue weighted by Gasteiger charge is 2.23. The van der Waals surface area contributed by atoms with E-state index in [9.17, 15) is 4.79 Å². The molecule has 15 heavy (non-hydrogen) atoms. The van der Waals surface area contributed by atoms with Crippen LogP contribution >= 0.6 is 23.2 Å². The third-order valence-corrected chi connectivity index (χ3v) is 2.73. The van der Waals surface area contributed by atoms with Crippen LogP contribution in [0.2, 0.25) is 10.0 Å². The molecule has 0 saturated carbocycles. The molecule has 0 aliphatic carbocycles. The number of fused-ring (bicyclic) bond motifs is 1. The minimum Gasteiger partial charge on any atom is -0.486 e. The van der Waals surface area contributed by atoms with E-state index >= 15 is 0 Å². The molecule has 1 atom stereocenters. The molecule has 3 nitrogen and oxygen atoms in total. The van der Waals surface area contributed by atoms with Crippen molar-refractivity contribution in [1.29, 1.82) is 0 Å². The Hall–Kier alpha value is -0.930. The summed E-state index contributed by atoms with van der Waals surface area (Å²) >= 11 is 11.9. The van der Waals surface area contributed by atoms with Crippen LogP contribution in [0.25, 0.3) is 0 Å². The summed E-state index contributed by atoms with van der Waals surface area (Å²) in [6, 6.07) is 3.27. The summed E-state index contributed by atoms with van der Waals surface area (Å²) in [5.74, 6) is 0.327. The molecule has 0 spiro atoms. The maximum atomic E-state index is 11.4. The van der Waals surface area contributed by atoms with Crippen LogP contribution in [0.1, 0.15) is 13.3 Å². The molecule has 1 N–H and O–H groups in total. The topological polar surface area (TPSA) is 38.3 Å². The van der Waals surface area contributed by atoms with Crippen molar-refractivity contribution in [2.75, 3.05) is 5.32 Å². The van der Waals surface area contributed by atoms with E-state index in [0.29, 0.717) is 27.9 Å². The molecule has 0 fully saturated rings. The highest BCUT2D eigenvalue weighted by molar-refractivity contribution is 6.37. The normalized spacial score (nSPS) is 19.9. The fourth-order valence-corrected chi connectivity index (χ4v) is 1.86. The highest BCUT2D eigenvalue weighted by atomic mass is 35.5. The lowest BCUT2D eigenvalue weighted by atomic mass is 10.3. The number of ether oxygens (including phenoxy) is 1. The van der Waals surface area contributed by atoms with Gasteiger partial charge in [-0.3, -0.25) is 4.79 Å². The number of hydrogen-bond acceptors (Lipinski definition) is 2. The molecule has 80 valence electrons. The summed E-state index contributed by atoms with van der Waals surface area (Å²) in [5.41, 5.74) is 0.457. The number of nitrogens with one attached hydrogen (secondary N) is 1. The van der Waals surface area contributed by atoms with Crippen LogP contribution in [0.5, 0.6) is 5.75 Å². The zero-order chi connectivity index (χ0) is 11.0. The Morgan fingerprint density at radius 2 is 2.07 bits per heavy atom. The molecule has 1 aliphatic rings. The van der Waals surface area contributed by atoms with E-state index in [1.807, 2.05) is 6.92 Å². The van der Waals surface area contributed by atoms with Gasteiger partial charge in [-0.25, -0.2) is 0 Å². The Morgan fingerprint density at radius 1 is 1.40 bits per heavy atom. The molecule has 0 bridgehead atoms. The molecule has 0 radical (unpaired) electrons. The average molecular weight is 246 g/mol. The van der Waals surface area contributed by atoms with Gasteiger partial charge in [0.05, 0.1) is 16.5 Å². The molecule has 1 aliphatic heterocycles. The van der Waals surface area contributed by atoms with Gasteiger partial charge >= 0.3 is 0 Å². The molecular weight excluding hydrogens is 237 g/mol. The maximum Gasteiger partial charge on any atom is 0.228 e. The van der Waals surface area contributed by atoms with Crippen LogP contribution < -0.4 is 10.1 Å². The van der Waals surface area contributed by atoms with Crippen molar-refractivity contribution in [1.82, 2.24) is 0 Å². The Morgan fingerprint density at radius 3 is 2.80 bits per heavy atom. The zero-order valence-corrected chi connectivity index (χ0v) is 9.52. The van der Waals surface area contributed by atoms with Gasteiger partial charge in [-0.05, 0) is 19.1 Å². The smallest absolute Gasteiger partial charge is 0.228 e. The number of halogens is 2. The van der Waals surface area contributed by atoms with Crippen LogP contribution in [0.15, 0.2) is 12.1 Å². The first-order chi connectivity index (χ1) is 7.08. The van der Waals surface area contributed by atoms with Gasteiger partial charge in [0, 0.05) is 0 Å². The van der Waals surface area contributed by atoms with Crippen molar-refractivity contribution in [3.8, 4) is 5.75 Å². The number of rotatable bonds is 0. The molecule has 1 heterocycles. The van der Waals surface area contributed by atoms with E-state index in [1.54, 1.807) is 12.1 Å². The lowest BCUT2D eigenvalue weighted by Gasteiger charge is -2.13. The quantitative estimate of drug-likeness (QED) is 0.763. The predicted molar refractivity (Wildman–Crippen MR) is 59.8 cm³/mol. The van der Waals surface area contributed by atoms with Crippen LogP contribution in [0, 0.1) is 0 Å². The first-order valence-electron chi connectivity index (χ1n) is 4.52. The largest absolute Gasteiger partial charge is 0.486 e. The van der Waals surface area contributed by atoms with Gasteiger partial charge in [0.25, 0.3) is 0 Å². The van der Waals surface area contributed by atoms with Crippen LogP contribution in [0.4, 0.5) is 5.69 Å². The van der Waals surface area contributed by atoms with E-state index in [0.717, 1.165) is 0 Å². The second-order valence-corrected chi connectivity index (χ2v) is 4.23. The number of anilines is 1. The standard InChI is InChI=1S/C10H9Cl2NO2/c1-5-4-8(14)13-9-6(11)2-3-7(12)10(9)15-5/h2-3,5H,4H2,1H3,(H,13,14). The molecule has 0 saturated heterocycles. The van der Waals surface area contributed by atoms with Crippen molar-refractivity contribution in [2.24, 2.45) is 0 Å². The van der Waals surface area contributed by atoms with Gasteiger partial charge < -0.3 is 10.1 Å². The summed E-state index contributed by atoms with van der Waals surface area (Å²) in [4.78, 5) is 11.4. The second-order valence-electron chi connectivity index (χ2n) is 3.41. The van der Waals surface area contributed by atoms with Crippen LogP contribution in [-0.2, 0) is 4.79 Å². The van der Waals surface area contributed by atoms with E-state index < -0.39 is 0 Å². The number of carbonyl (C=O) groups excluding carboxylic acids is 1. The molecule has 0 aromatic heterocycles. The first-order valence-corrected chi connectivity index (χ1v) is 5.28. The van der Waals surface area contributed by atoms with E-state index in [1.165, 1.54) is 0 Å². The minimum atomic E-state index is -0.206. The van der Waals surface area contributed by atoms with E-state index in [-0.39, 0.29) is 12.0 Å². The lowest BCUT2D eigenvalue weighted by molar-refractivity contribution is -0.117. The van der Waals surface area contributed by atoms with Gasteiger partial charge in [-0.15, -0.1) is 0 Å². The molecule has 1 aromatic rings. The Kier molecular flexibility index (Phi) is 2.76. The number of amides is 1. The van der Waals surface area contributed by atoms with Crippen LogP contribution in [0.3, 0.4) is 0 Å². The van der Waals surface area contributed by atoms with Crippen molar-refractivity contribution >= 4 is 34.8 Å². The Balaban J connectivity index is 2.54. The summed E-state index contributed by atoms with van der Waals surface area (Å²) in [6.07, 6.45) is 0.0867. The number of benzene rings is 1. The molecule has 2 rings (SSSR count). The average Bonchev–Trinajstić information content (AvgIpc) is 2.31. The summed E-state index contributed by atoms with van der Waals surface area (Å²) in [6.45, 7) is 1.81. The monoisotopic (exact) mass is 245 g/mol. The molecule has 5 heteroatoms. The van der Waals surface area contributed by atoms with E-state index in [4.69, 9.17) is 27.9 Å². The Bertz CT molecular complexity index is 420. The number of hydrogen-bond donors (Lipinski definition) is 1. The van der Waals surface area contributed by atoms with Gasteiger partial charge in [0.1, 0.15) is 11.8 Å². The van der Waals surface area contributed by atoms with Crippen molar-refractivity contribution in [3.05, 3.63) is 22.2 Å². The number of carbonyl (C=O) groups is 1. The Labute approximate surface area is 97.3 Å².